The predicted molar refractivity (Wildman–Crippen MR) is 132 cm³/mol. The Morgan fingerprint density at radius 3 is 2.63 bits per heavy atom. The fraction of sp³-hybridized carbons (Fsp3) is 0.200. The molecule has 178 valence electrons. The number of nitriles is 1. The van der Waals surface area contributed by atoms with E-state index in [1.807, 2.05) is 49.7 Å². The van der Waals surface area contributed by atoms with E-state index in [1.54, 1.807) is 23.8 Å². The number of halogens is 1. The lowest BCUT2D eigenvalue weighted by atomic mass is 10.2. The van der Waals surface area contributed by atoms with Crippen LogP contribution in [0.1, 0.15) is 16.8 Å². The van der Waals surface area contributed by atoms with Gasteiger partial charge in [-0.3, -0.25) is 9.36 Å². The number of aromatic nitrogens is 4. The average molecular weight is 491 g/mol. The molecule has 0 saturated heterocycles. The lowest BCUT2D eigenvalue weighted by molar-refractivity contribution is -0.113. The number of methoxy groups -OCH3 is 1. The number of anilines is 1. The number of nitrogens with one attached hydrogen (secondary N) is 1. The zero-order valence-electron chi connectivity index (χ0n) is 19.7. The third-order valence-corrected chi connectivity index (χ3v) is 6.68. The maximum atomic E-state index is 13.5. The van der Waals surface area contributed by atoms with Crippen molar-refractivity contribution < 1.29 is 13.9 Å². The second kappa shape index (κ2) is 10.0. The summed E-state index contributed by atoms with van der Waals surface area (Å²) in [5.41, 5.74) is 3.39. The van der Waals surface area contributed by atoms with Crippen LogP contribution >= 0.6 is 11.8 Å². The molecule has 0 unspecified atom stereocenters. The van der Waals surface area contributed by atoms with Gasteiger partial charge in [-0.25, -0.2) is 4.39 Å². The van der Waals surface area contributed by atoms with Crippen LogP contribution in [-0.2, 0) is 11.8 Å². The maximum absolute atomic E-state index is 13.5. The van der Waals surface area contributed by atoms with Crippen molar-refractivity contribution >= 4 is 23.5 Å². The molecule has 0 bridgehead atoms. The maximum Gasteiger partial charge on any atom is 0.236 e. The van der Waals surface area contributed by atoms with Crippen molar-refractivity contribution in [2.45, 2.75) is 19.0 Å². The second-order valence-corrected chi connectivity index (χ2v) is 8.73. The van der Waals surface area contributed by atoms with Crippen LogP contribution in [0, 0.1) is 31.0 Å². The molecule has 0 aliphatic carbocycles. The van der Waals surface area contributed by atoms with Crippen molar-refractivity contribution in [2.75, 3.05) is 18.2 Å². The minimum atomic E-state index is -0.366. The van der Waals surface area contributed by atoms with Gasteiger partial charge in [-0.1, -0.05) is 23.9 Å². The quantitative estimate of drug-likeness (QED) is 0.379. The number of benzene rings is 2. The van der Waals surface area contributed by atoms with Crippen LogP contribution in [0.25, 0.3) is 17.1 Å². The molecule has 1 amide bonds. The third-order valence-electron chi connectivity index (χ3n) is 5.66. The summed E-state index contributed by atoms with van der Waals surface area (Å²) >= 11 is 1.23. The van der Waals surface area contributed by atoms with Crippen molar-refractivity contribution in [2.24, 2.45) is 7.05 Å². The third kappa shape index (κ3) is 4.76. The van der Waals surface area contributed by atoms with Gasteiger partial charge in [-0.15, -0.1) is 10.2 Å². The Bertz CT molecular complexity index is 1440. The molecular formula is C25H23FN6O2S. The summed E-state index contributed by atoms with van der Waals surface area (Å²) in [7, 11) is 3.43. The normalized spacial score (nSPS) is 10.7. The number of carbonyl (C=O) groups excluding carboxylic acids is 1. The zero-order valence-corrected chi connectivity index (χ0v) is 20.5. The molecule has 2 aromatic carbocycles. The number of nitrogens with zero attached hydrogens (tertiary/aromatic N) is 5. The summed E-state index contributed by atoms with van der Waals surface area (Å²) in [6.45, 7) is 3.67. The van der Waals surface area contributed by atoms with E-state index in [1.165, 1.54) is 23.9 Å². The van der Waals surface area contributed by atoms with Gasteiger partial charge in [0.2, 0.25) is 5.91 Å². The Labute approximate surface area is 206 Å². The molecule has 2 heterocycles. The molecule has 0 aliphatic rings. The Morgan fingerprint density at radius 1 is 1.20 bits per heavy atom. The highest BCUT2D eigenvalue weighted by molar-refractivity contribution is 7.99. The molecule has 4 aromatic rings. The summed E-state index contributed by atoms with van der Waals surface area (Å²) < 4.78 is 22.3. The van der Waals surface area contributed by atoms with Crippen LogP contribution in [0.3, 0.4) is 0 Å². The standard InChI is InChI=1S/C25H23FN6O2S/c1-15-16(2)32(19-10-8-18(26)9-11-19)24(21(15)13-27)28-22(33)14-35-25-30-29-23(31(25)3)17-6-5-7-20(12-17)34-4/h5-12H,14H2,1-4H3,(H,28,33). The van der Waals surface area contributed by atoms with Gasteiger partial charge in [0.1, 0.15) is 23.5 Å². The van der Waals surface area contributed by atoms with E-state index in [2.05, 4.69) is 21.6 Å². The molecule has 1 N–H and O–H groups in total. The van der Waals surface area contributed by atoms with Gasteiger partial charge in [-0.2, -0.15) is 5.26 Å². The minimum absolute atomic E-state index is 0.0572. The SMILES string of the molecule is COc1cccc(-c2nnc(SCC(=O)Nc3c(C#N)c(C)c(C)n3-c3ccc(F)cc3)n2C)c1. The highest BCUT2D eigenvalue weighted by atomic mass is 32.2. The van der Waals surface area contributed by atoms with Gasteiger partial charge < -0.3 is 14.6 Å². The van der Waals surface area contributed by atoms with Gasteiger partial charge in [0.05, 0.1) is 18.4 Å². The molecule has 0 fully saturated rings. The van der Waals surface area contributed by atoms with E-state index >= 15 is 0 Å². The number of thioether (sulfide) groups is 1. The van der Waals surface area contributed by atoms with Gasteiger partial charge in [0, 0.05) is 24.0 Å². The smallest absolute Gasteiger partial charge is 0.236 e. The van der Waals surface area contributed by atoms with E-state index in [-0.39, 0.29) is 17.5 Å². The Hall–Kier alpha value is -4.10. The zero-order chi connectivity index (χ0) is 25.1. The molecule has 0 radical (unpaired) electrons. The van der Waals surface area contributed by atoms with E-state index in [9.17, 15) is 14.4 Å². The van der Waals surface area contributed by atoms with Gasteiger partial charge in [0.15, 0.2) is 11.0 Å². The van der Waals surface area contributed by atoms with Gasteiger partial charge >= 0.3 is 0 Å². The van der Waals surface area contributed by atoms with Crippen molar-refractivity contribution in [1.29, 1.82) is 5.26 Å². The topological polar surface area (TPSA) is 97.8 Å². The number of ether oxygens (including phenoxy) is 1. The number of rotatable bonds is 7. The molecule has 0 atom stereocenters. The van der Waals surface area contributed by atoms with E-state index in [0.29, 0.717) is 33.8 Å². The lowest BCUT2D eigenvalue weighted by Crippen LogP contribution is -2.18. The highest BCUT2D eigenvalue weighted by Crippen LogP contribution is 2.31. The lowest BCUT2D eigenvalue weighted by Gasteiger charge is -2.13. The number of amides is 1. The fourth-order valence-electron chi connectivity index (χ4n) is 3.73. The fourth-order valence-corrected chi connectivity index (χ4v) is 4.44. The monoisotopic (exact) mass is 490 g/mol. The summed E-state index contributed by atoms with van der Waals surface area (Å²) in [6, 6.07) is 15.5. The molecule has 35 heavy (non-hydrogen) atoms. The molecule has 0 spiro atoms. The van der Waals surface area contributed by atoms with E-state index in [0.717, 1.165) is 16.8 Å². The average Bonchev–Trinajstić information content (AvgIpc) is 3.34. The van der Waals surface area contributed by atoms with Crippen molar-refractivity contribution in [3.05, 3.63) is 71.2 Å². The van der Waals surface area contributed by atoms with Crippen LogP contribution in [-0.4, -0.2) is 38.1 Å². The molecular weight excluding hydrogens is 467 g/mol. The minimum Gasteiger partial charge on any atom is -0.497 e. The summed E-state index contributed by atoms with van der Waals surface area (Å²) in [5, 5.41) is 21.6. The van der Waals surface area contributed by atoms with Crippen molar-refractivity contribution in [3.63, 3.8) is 0 Å². The number of carbonyl (C=O) groups is 1. The van der Waals surface area contributed by atoms with Crippen LogP contribution in [0.2, 0.25) is 0 Å². The first-order chi connectivity index (χ1) is 16.8. The largest absolute Gasteiger partial charge is 0.497 e. The summed E-state index contributed by atoms with van der Waals surface area (Å²) in [6.07, 6.45) is 0. The van der Waals surface area contributed by atoms with E-state index in [4.69, 9.17) is 4.74 Å². The van der Waals surface area contributed by atoms with Crippen molar-refractivity contribution in [3.8, 4) is 28.9 Å². The first-order valence-electron chi connectivity index (χ1n) is 10.7. The number of hydrogen-bond donors (Lipinski definition) is 1. The highest BCUT2D eigenvalue weighted by Gasteiger charge is 2.21. The predicted octanol–water partition coefficient (Wildman–Crippen LogP) is 4.64. The summed E-state index contributed by atoms with van der Waals surface area (Å²) in [5.74, 6) is 1.10. The Morgan fingerprint density at radius 2 is 1.94 bits per heavy atom. The number of hydrogen-bond acceptors (Lipinski definition) is 6. The van der Waals surface area contributed by atoms with Crippen LogP contribution in [0.15, 0.2) is 53.7 Å². The van der Waals surface area contributed by atoms with Crippen LogP contribution in [0.5, 0.6) is 5.75 Å². The molecule has 0 saturated carbocycles. The van der Waals surface area contributed by atoms with E-state index < -0.39 is 0 Å². The van der Waals surface area contributed by atoms with Gasteiger partial charge in [0.25, 0.3) is 0 Å². The van der Waals surface area contributed by atoms with Crippen LogP contribution < -0.4 is 10.1 Å². The van der Waals surface area contributed by atoms with Crippen LogP contribution in [0.4, 0.5) is 10.2 Å². The molecule has 8 nitrogen and oxygen atoms in total. The van der Waals surface area contributed by atoms with Gasteiger partial charge in [-0.05, 0) is 55.8 Å². The molecule has 0 aliphatic heterocycles. The first-order valence-corrected chi connectivity index (χ1v) is 11.7. The Kier molecular flexibility index (Phi) is 6.89. The Balaban J connectivity index is 1.54. The summed E-state index contributed by atoms with van der Waals surface area (Å²) in [4.78, 5) is 12.9. The molecule has 10 heteroatoms. The second-order valence-electron chi connectivity index (χ2n) is 7.79. The first kappa shape index (κ1) is 24.0. The molecule has 4 rings (SSSR count). The molecule has 2 aromatic heterocycles. The van der Waals surface area contributed by atoms with Crippen molar-refractivity contribution in [1.82, 2.24) is 19.3 Å².